The minimum atomic E-state index is -3.53. The molecule has 0 aliphatic heterocycles. The van der Waals surface area contributed by atoms with E-state index in [0.717, 1.165) is 24.9 Å². The minimum absolute atomic E-state index is 0.0107. The van der Waals surface area contributed by atoms with Gasteiger partial charge in [-0.1, -0.05) is 20.8 Å². The predicted octanol–water partition coefficient (Wildman–Crippen LogP) is 2.82. The number of rotatable bonds is 8. The number of furan rings is 1. The van der Waals surface area contributed by atoms with Crippen molar-refractivity contribution < 1.29 is 12.8 Å². The van der Waals surface area contributed by atoms with Crippen LogP contribution in [0, 0.1) is 13.8 Å². The minimum Gasteiger partial charge on any atom is -0.465 e. The van der Waals surface area contributed by atoms with Crippen LogP contribution < -0.4 is 5.32 Å². The van der Waals surface area contributed by atoms with E-state index in [4.69, 9.17) is 4.42 Å². The number of nitrogens with one attached hydrogen (secondary N) is 1. The maximum atomic E-state index is 12.9. The van der Waals surface area contributed by atoms with Crippen LogP contribution in [0.3, 0.4) is 0 Å². The molecule has 0 aliphatic rings. The molecule has 0 spiro atoms. The van der Waals surface area contributed by atoms with E-state index >= 15 is 0 Å². The second kappa shape index (κ2) is 7.42. The standard InChI is InChI=1S/C15H28N2O3S/c1-7-13(8-2)17(6)21(18,19)15-12(5)20-11(4)14(15)10-16-9-3/h13,16H,7-10H2,1-6H3. The summed E-state index contributed by atoms with van der Waals surface area (Å²) < 4.78 is 33.0. The van der Waals surface area contributed by atoms with E-state index in [1.54, 1.807) is 14.0 Å². The van der Waals surface area contributed by atoms with Gasteiger partial charge in [-0.2, -0.15) is 4.31 Å². The molecule has 0 radical (unpaired) electrons. The van der Waals surface area contributed by atoms with Crippen LogP contribution in [0.5, 0.6) is 0 Å². The molecule has 0 bridgehead atoms. The zero-order valence-corrected chi connectivity index (χ0v) is 14.8. The molecule has 1 rings (SSSR count). The second-order valence-electron chi connectivity index (χ2n) is 5.29. The van der Waals surface area contributed by atoms with Crippen molar-refractivity contribution in [2.75, 3.05) is 13.6 Å². The van der Waals surface area contributed by atoms with Crippen LogP contribution in [0.25, 0.3) is 0 Å². The molecular weight excluding hydrogens is 288 g/mol. The molecule has 0 aliphatic carbocycles. The lowest BCUT2D eigenvalue weighted by molar-refractivity contribution is 0.348. The highest BCUT2D eigenvalue weighted by atomic mass is 32.2. The average molecular weight is 316 g/mol. The predicted molar refractivity (Wildman–Crippen MR) is 84.9 cm³/mol. The van der Waals surface area contributed by atoms with Crippen molar-refractivity contribution in [1.82, 2.24) is 9.62 Å². The summed E-state index contributed by atoms with van der Waals surface area (Å²) in [6.07, 6.45) is 1.59. The summed E-state index contributed by atoms with van der Waals surface area (Å²) >= 11 is 0. The van der Waals surface area contributed by atoms with Crippen molar-refractivity contribution in [1.29, 1.82) is 0 Å². The van der Waals surface area contributed by atoms with Crippen molar-refractivity contribution in [3.8, 4) is 0 Å². The van der Waals surface area contributed by atoms with Gasteiger partial charge in [-0.05, 0) is 33.2 Å². The maximum absolute atomic E-state index is 12.9. The zero-order valence-electron chi connectivity index (χ0n) is 14.0. The van der Waals surface area contributed by atoms with Crippen molar-refractivity contribution in [3.63, 3.8) is 0 Å². The lowest BCUT2D eigenvalue weighted by Crippen LogP contribution is -2.37. The number of hydrogen-bond acceptors (Lipinski definition) is 4. The van der Waals surface area contributed by atoms with Crippen LogP contribution in [0.1, 0.15) is 50.7 Å². The molecule has 1 N–H and O–H groups in total. The number of aryl methyl sites for hydroxylation is 2. The summed E-state index contributed by atoms with van der Waals surface area (Å²) in [5.41, 5.74) is 0.743. The average Bonchev–Trinajstić information content (AvgIpc) is 2.72. The molecule has 21 heavy (non-hydrogen) atoms. The molecule has 1 aromatic heterocycles. The molecule has 1 aromatic rings. The van der Waals surface area contributed by atoms with E-state index in [0.29, 0.717) is 23.0 Å². The Morgan fingerprint density at radius 3 is 2.19 bits per heavy atom. The fourth-order valence-electron chi connectivity index (χ4n) is 2.65. The molecule has 0 amide bonds. The normalized spacial score (nSPS) is 12.6. The lowest BCUT2D eigenvalue weighted by Gasteiger charge is -2.25. The van der Waals surface area contributed by atoms with Crippen molar-refractivity contribution in [2.24, 2.45) is 0 Å². The highest BCUT2D eigenvalue weighted by molar-refractivity contribution is 7.89. The Morgan fingerprint density at radius 2 is 1.71 bits per heavy atom. The first-order valence-electron chi connectivity index (χ1n) is 7.58. The van der Waals surface area contributed by atoms with Gasteiger partial charge in [0.15, 0.2) is 0 Å². The summed E-state index contributed by atoms with van der Waals surface area (Å²) in [4.78, 5) is 0.329. The zero-order chi connectivity index (χ0) is 16.2. The summed E-state index contributed by atoms with van der Waals surface area (Å²) in [5, 5.41) is 3.18. The largest absolute Gasteiger partial charge is 0.465 e. The Kier molecular flexibility index (Phi) is 6.43. The van der Waals surface area contributed by atoms with Crippen LogP contribution >= 0.6 is 0 Å². The topological polar surface area (TPSA) is 62.6 Å². The Bertz CT molecular complexity index is 560. The Labute approximate surface area is 128 Å². The van der Waals surface area contributed by atoms with Crippen LogP contribution in [-0.4, -0.2) is 32.4 Å². The summed E-state index contributed by atoms with van der Waals surface area (Å²) in [5.74, 6) is 1.14. The highest BCUT2D eigenvalue weighted by Crippen LogP contribution is 2.30. The molecule has 0 saturated heterocycles. The fraction of sp³-hybridized carbons (Fsp3) is 0.733. The van der Waals surface area contributed by atoms with Gasteiger partial charge in [0.2, 0.25) is 10.0 Å². The van der Waals surface area contributed by atoms with E-state index in [2.05, 4.69) is 5.32 Å². The Hall–Kier alpha value is -0.850. The van der Waals surface area contributed by atoms with Crippen LogP contribution in [0.2, 0.25) is 0 Å². The van der Waals surface area contributed by atoms with Crippen LogP contribution in [0.4, 0.5) is 0 Å². The van der Waals surface area contributed by atoms with Crippen molar-refractivity contribution in [2.45, 2.75) is 64.9 Å². The Morgan fingerprint density at radius 1 is 1.14 bits per heavy atom. The molecule has 0 unspecified atom stereocenters. The summed E-state index contributed by atoms with van der Waals surface area (Å²) in [6, 6.07) is 0.0107. The third-order valence-corrected chi connectivity index (χ3v) is 6.08. The van der Waals surface area contributed by atoms with E-state index in [9.17, 15) is 8.42 Å². The summed E-state index contributed by atoms with van der Waals surface area (Å²) in [6.45, 7) is 10.8. The first kappa shape index (κ1) is 18.2. The molecule has 6 heteroatoms. The van der Waals surface area contributed by atoms with Gasteiger partial charge in [-0.15, -0.1) is 0 Å². The third kappa shape index (κ3) is 3.67. The number of hydrogen-bond donors (Lipinski definition) is 1. The first-order valence-corrected chi connectivity index (χ1v) is 9.02. The molecule has 0 atom stereocenters. The molecule has 0 saturated carbocycles. The van der Waals surface area contributed by atoms with Gasteiger partial charge in [0.1, 0.15) is 16.4 Å². The molecule has 0 aromatic carbocycles. The number of nitrogens with zero attached hydrogens (tertiary/aromatic N) is 1. The van der Waals surface area contributed by atoms with Gasteiger partial charge in [-0.25, -0.2) is 8.42 Å². The molecule has 122 valence electrons. The van der Waals surface area contributed by atoms with E-state index < -0.39 is 10.0 Å². The Balaban J connectivity index is 3.30. The van der Waals surface area contributed by atoms with Gasteiger partial charge >= 0.3 is 0 Å². The van der Waals surface area contributed by atoms with Crippen LogP contribution in [-0.2, 0) is 16.6 Å². The van der Waals surface area contributed by atoms with Crippen molar-refractivity contribution >= 4 is 10.0 Å². The monoisotopic (exact) mass is 316 g/mol. The quantitative estimate of drug-likeness (QED) is 0.801. The molecule has 5 nitrogen and oxygen atoms in total. The number of sulfonamides is 1. The van der Waals surface area contributed by atoms with Crippen LogP contribution in [0.15, 0.2) is 9.31 Å². The SMILES string of the molecule is CCNCc1c(C)oc(C)c1S(=O)(=O)N(C)C(CC)CC. The molecular formula is C15H28N2O3S. The van der Waals surface area contributed by atoms with Gasteiger partial charge < -0.3 is 9.73 Å². The van der Waals surface area contributed by atoms with E-state index in [1.165, 1.54) is 4.31 Å². The third-order valence-electron chi connectivity index (χ3n) is 3.97. The highest BCUT2D eigenvalue weighted by Gasteiger charge is 2.32. The van der Waals surface area contributed by atoms with Crippen molar-refractivity contribution in [3.05, 3.63) is 17.1 Å². The van der Waals surface area contributed by atoms with Gasteiger partial charge in [-0.3, -0.25) is 0 Å². The first-order chi connectivity index (χ1) is 9.81. The fourth-order valence-corrected chi connectivity index (χ4v) is 4.56. The van der Waals surface area contributed by atoms with Gasteiger partial charge in [0, 0.05) is 25.2 Å². The molecule has 1 heterocycles. The smallest absolute Gasteiger partial charge is 0.246 e. The van der Waals surface area contributed by atoms with Gasteiger partial charge in [0.25, 0.3) is 0 Å². The summed E-state index contributed by atoms with van der Waals surface area (Å²) in [7, 11) is -1.88. The van der Waals surface area contributed by atoms with E-state index in [1.807, 2.05) is 27.7 Å². The second-order valence-corrected chi connectivity index (χ2v) is 7.23. The van der Waals surface area contributed by atoms with Gasteiger partial charge in [0.05, 0.1) is 0 Å². The molecule has 0 fully saturated rings. The maximum Gasteiger partial charge on any atom is 0.246 e. The van der Waals surface area contributed by atoms with E-state index in [-0.39, 0.29) is 6.04 Å². The lowest BCUT2D eigenvalue weighted by atomic mass is 10.2.